The third-order valence-electron chi connectivity index (χ3n) is 1.93. The molecule has 0 aliphatic carbocycles. The van der Waals surface area contributed by atoms with Crippen LogP contribution >= 0.6 is 11.6 Å². The first-order valence-corrected chi connectivity index (χ1v) is 4.74. The van der Waals surface area contributed by atoms with E-state index in [0.29, 0.717) is 17.3 Å². The Morgan fingerprint density at radius 2 is 2.20 bits per heavy atom. The van der Waals surface area contributed by atoms with Gasteiger partial charge in [0.1, 0.15) is 5.82 Å². The summed E-state index contributed by atoms with van der Waals surface area (Å²) in [6, 6.07) is 4.41. The van der Waals surface area contributed by atoms with Gasteiger partial charge in [-0.25, -0.2) is 4.39 Å². The average molecular weight is 226 g/mol. The van der Waals surface area contributed by atoms with Crippen molar-refractivity contribution in [1.29, 1.82) is 0 Å². The minimum absolute atomic E-state index is 0.344. The number of hydrogen-bond donors (Lipinski definition) is 1. The van der Waals surface area contributed by atoms with Crippen molar-refractivity contribution in [1.82, 2.24) is 9.78 Å². The van der Waals surface area contributed by atoms with Crippen LogP contribution in [0.15, 0.2) is 30.6 Å². The summed E-state index contributed by atoms with van der Waals surface area (Å²) in [6.07, 6.45) is 3.20. The molecule has 1 heterocycles. The highest BCUT2D eigenvalue weighted by Crippen LogP contribution is 2.13. The number of benzene rings is 1. The van der Waals surface area contributed by atoms with Crippen LogP contribution in [0, 0.1) is 5.82 Å². The zero-order valence-electron chi connectivity index (χ0n) is 7.82. The van der Waals surface area contributed by atoms with Gasteiger partial charge in [0.15, 0.2) is 0 Å². The van der Waals surface area contributed by atoms with Crippen LogP contribution in [0.3, 0.4) is 0 Å². The van der Waals surface area contributed by atoms with Crippen molar-refractivity contribution in [3.05, 3.63) is 47.0 Å². The molecule has 2 aromatic rings. The monoisotopic (exact) mass is 225 g/mol. The molecule has 0 radical (unpaired) electrons. The second-order valence-corrected chi connectivity index (χ2v) is 3.69. The third kappa shape index (κ3) is 2.47. The lowest BCUT2D eigenvalue weighted by Crippen LogP contribution is -2.01. The van der Waals surface area contributed by atoms with Crippen molar-refractivity contribution in [2.75, 3.05) is 5.73 Å². The van der Waals surface area contributed by atoms with Crippen molar-refractivity contribution in [2.24, 2.45) is 0 Å². The van der Waals surface area contributed by atoms with Gasteiger partial charge in [-0.1, -0.05) is 11.6 Å². The van der Waals surface area contributed by atoms with E-state index in [1.807, 2.05) is 0 Å². The fourth-order valence-corrected chi connectivity index (χ4v) is 1.53. The molecule has 0 spiro atoms. The van der Waals surface area contributed by atoms with E-state index in [1.165, 1.54) is 18.3 Å². The molecular formula is C10H9ClFN3. The molecular weight excluding hydrogens is 217 g/mol. The summed E-state index contributed by atoms with van der Waals surface area (Å²) in [6.45, 7) is 0.453. The van der Waals surface area contributed by atoms with Crippen LogP contribution < -0.4 is 5.73 Å². The lowest BCUT2D eigenvalue weighted by Gasteiger charge is -2.03. The molecule has 0 amide bonds. The Bertz CT molecular complexity index is 461. The van der Waals surface area contributed by atoms with Crippen LogP contribution in [0.1, 0.15) is 5.56 Å². The van der Waals surface area contributed by atoms with E-state index in [9.17, 15) is 4.39 Å². The van der Waals surface area contributed by atoms with Gasteiger partial charge >= 0.3 is 0 Å². The molecule has 0 atom stereocenters. The number of nitrogens with two attached hydrogens (primary N) is 1. The maximum absolute atomic E-state index is 13.0. The molecule has 15 heavy (non-hydrogen) atoms. The van der Waals surface area contributed by atoms with Crippen LogP contribution in [-0.2, 0) is 6.54 Å². The van der Waals surface area contributed by atoms with E-state index in [-0.39, 0.29) is 5.82 Å². The van der Waals surface area contributed by atoms with Gasteiger partial charge in [0.05, 0.1) is 17.8 Å². The highest BCUT2D eigenvalue weighted by molar-refractivity contribution is 6.30. The van der Waals surface area contributed by atoms with E-state index in [2.05, 4.69) is 5.10 Å². The number of nitrogen functional groups attached to an aromatic ring is 1. The topological polar surface area (TPSA) is 43.8 Å². The Kier molecular flexibility index (Phi) is 2.60. The van der Waals surface area contributed by atoms with Gasteiger partial charge in [-0.05, 0) is 23.8 Å². The lowest BCUT2D eigenvalue weighted by molar-refractivity contribution is 0.620. The van der Waals surface area contributed by atoms with Gasteiger partial charge in [-0.3, -0.25) is 4.68 Å². The fourth-order valence-electron chi connectivity index (χ4n) is 1.38. The second kappa shape index (κ2) is 3.90. The molecule has 78 valence electrons. The normalized spacial score (nSPS) is 10.5. The summed E-state index contributed by atoms with van der Waals surface area (Å²) in [7, 11) is 0. The van der Waals surface area contributed by atoms with E-state index in [1.54, 1.807) is 16.9 Å². The summed E-state index contributed by atoms with van der Waals surface area (Å²) in [5.74, 6) is -0.344. The van der Waals surface area contributed by atoms with Crippen molar-refractivity contribution >= 4 is 17.3 Å². The molecule has 5 heteroatoms. The van der Waals surface area contributed by atoms with Crippen molar-refractivity contribution in [3.8, 4) is 0 Å². The zero-order chi connectivity index (χ0) is 10.8. The molecule has 1 aromatic carbocycles. The lowest BCUT2D eigenvalue weighted by atomic mass is 10.2. The first-order valence-electron chi connectivity index (χ1n) is 4.36. The quantitative estimate of drug-likeness (QED) is 0.797. The second-order valence-electron chi connectivity index (χ2n) is 3.25. The third-order valence-corrected chi connectivity index (χ3v) is 2.12. The fraction of sp³-hybridized carbons (Fsp3) is 0.100. The van der Waals surface area contributed by atoms with Gasteiger partial charge in [0.25, 0.3) is 0 Å². The van der Waals surface area contributed by atoms with E-state index in [0.717, 1.165) is 5.56 Å². The van der Waals surface area contributed by atoms with Crippen LogP contribution in [0.2, 0.25) is 5.02 Å². The minimum Gasteiger partial charge on any atom is -0.399 e. The number of anilines is 1. The minimum atomic E-state index is -0.344. The molecule has 0 bridgehead atoms. The van der Waals surface area contributed by atoms with Crippen LogP contribution in [0.4, 0.5) is 10.1 Å². The Labute approximate surface area is 91.3 Å². The standard InChI is InChI=1S/C10H9ClFN3/c11-8-4-14-15(6-8)5-7-1-9(12)3-10(13)2-7/h1-4,6H,5,13H2. The molecule has 0 fully saturated rings. The molecule has 2 rings (SSSR count). The predicted octanol–water partition coefficient (Wildman–Crippen LogP) is 2.31. The molecule has 0 saturated carbocycles. The van der Waals surface area contributed by atoms with E-state index >= 15 is 0 Å². The molecule has 3 nitrogen and oxygen atoms in total. The first kappa shape index (κ1) is 9.98. The summed E-state index contributed by atoms with van der Waals surface area (Å²) in [5, 5.41) is 4.55. The highest BCUT2D eigenvalue weighted by Gasteiger charge is 2.01. The van der Waals surface area contributed by atoms with Gasteiger partial charge in [0, 0.05) is 11.9 Å². The molecule has 0 unspecified atom stereocenters. The zero-order valence-corrected chi connectivity index (χ0v) is 8.58. The average Bonchev–Trinajstić information content (AvgIpc) is 2.49. The Morgan fingerprint density at radius 3 is 2.80 bits per heavy atom. The summed E-state index contributed by atoms with van der Waals surface area (Å²) in [5.41, 5.74) is 6.69. The van der Waals surface area contributed by atoms with Gasteiger partial charge in [-0.15, -0.1) is 0 Å². The summed E-state index contributed by atoms with van der Waals surface area (Å²) in [4.78, 5) is 0. The SMILES string of the molecule is Nc1cc(F)cc(Cn2cc(Cl)cn2)c1. The number of nitrogens with zero attached hydrogens (tertiary/aromatic N) is 2. The van der Waals surface area contributed by atoms with Crippen LogP contribution in [0.5, 0.6) is 0 Å². The first-order chi connectivity index (χ1) is 7.13. The maximum Gasteiger partial charge on any atom is 0.125 e. The predicted molar refractivity (Wildman–Crippen MR) is 57.2 cm³/mol. The number of aromatic nitrogens is 2. The van der Waals surface area contributed by atoms with Gasteiger partial charge < -0.3 is 5.73 Å². The Hall–Kier alpha value is -1.55. The van der Waals surface area contributed by atoms with E-state index in [4.69, 9.17) is 17.3 Å². The van der Waals surface area contributed by atoms with Gasteiger partial charge in [0.2, 0.25) is 0 Å². The maximum atomic E-state index is 13.0. The molecule has 0 aliphatic rings. The van der Waals surface area contributed by atoms with Gasteiger partial charge in [-0.2, -0.15) is 5.10 Å². The molecule has 0 saturated heterocycles. The molecule has 1 aromatic heterocycles. The Balaban J connectivity index is 2.24. The summed E-state index contributed by atoms with van der Waals surface area (Å²) < 4.78 is 14.6. The molecule has 0 aliphatic heterocycles. The number of hydrogen-bond acceptors (Lipinski definition) is 2. The number of halogens is 2. The van der Waals surface area contributed by atoms with E-state index < -0.39 is 0 Å². The van der Waals surface area contributed by atoms with Crippen LogP contribution in [0.25, 0.3) is 0 Å². The largest absolute Gasteiger partial charge is 0.399 e. The Morgan fingerprint density at radius 1 is 1.40 bits per heavy atom. The summed E-state index contributed by atoms with van der Waals surface area (Å²) >= 11 is 5.71. The van der Waals surface area contributed by atoms with Crippen LogP contribution in [-0.4, -0.2) is 9.78 Å². The smallest absolute Gasteiger partial charge is 0.125 e. The number of rotatable bonds is 2. The molecule has 2 N–H and O–H groups in total. The van der Waals surface area contributed by atoms with Crippen molar-refractivity contribution < 1.29 is 4.39 Å². The highest BCUT2D eigenvalue weighted by atomic mass is 35.5. The van der Waals surface area contributed by atoms with Crippen molar-refractivity contribution in [2.45, 2.75) is 6.54 Å². The van der Waals surface area contributed by atoms with Crippen molar-refractivity contribution in [3.63, 3.8) is 0 Å².